The molecular formula is C16H16BrNO2S. The molecule has 2 aromatic carbocycles. The van der Waals surface area contributed by atoms with Crippen LogP contribution in [0.3, 0.4) is 0 Å². The highest BCUT2D eigenvalue weighted by Gasteiger charge is 2.27. The smallest absolute Gasteiger partial charge is 0.207 e. The lowest BCUT2D eigenvalue weighted by Crippen LogP contribution is -2.27. The van der Waals surface area contributed by atoms with Crippen LogP contribution in [0.4, 0.5) is 0 Å². The van der Waals surface area contributed by atoms with Gasteiger partial charge < -0.3 is 0 Å². The lowest BCUT2D eigenvalue weighted by atomic mass is 10.1. The number of aryl methyl sites for hydroxylation is 2. The first-order valence-corrected chi connectivity index (χ1v) is 9.11. The van der Waals surface area contributed by atoms with Crippen molar-refractivity contribution in [3.63, 3.8) is 0 Å². The molecule has 1 aliphatic carbocycles. The van der Waals surface area contributed by atoms with Gasteiger partial charge in [0.05, 0.1) is 4.90 Å². The van der Waals surface area contributed by atoms with Crippen molar-refractivity contribution in [3.05, 3.63) is 63.6 Å². The zero-order valence-electron chi connectivity index (χ0n) is 11.6. The maximum absolute atomic E-state index is 12.5. The molecule has 0 aromatic heterocycles. The van der Waals surface area contributed by atoms with Crippen molar-refractivity contribution < 1.29 is 8.42 Å². The van der Waals surface area contributed by atoms with Crippen molar-refractivity contribution in [2.24, 2.45) is 0 Å². The number of halogens is 1. The molecule has 1 aliphatic rings. The van der Waals surface area contributed by atoms with E-state index in [0.29, 0.717) is 4.90 Å². The number of benzene rings is 2. The number of sulfonamides is 1. The molecule has 1 unspecified atom stereocenters. The van der Waals surface area contributed by atoms with Gasteiger partial charge in [-0.2, -0.15) is 0 Å². The molecule has 0 saturated heterocycles. The molecule has 1 N–H and O–H groups in total. The Morgan fingerprint density at radius 2 is 1.95 bits per heavy atom. The summed E-state index contributed by atoms with van der Waals surface area (Å²) in [7, 11) is -3.50. The molecule has 0 fully saturated rings. The predicted molar refractivity (Wildman–Crippen MR) is 86.7 cm³/mol. The van der Waals surface area contributed by atoms with Crippen LogP contribution in [0.25, 0.3) is 0 Å². The Kier molecular flexibility index (Phi) is 3.90. The molecule has 0 spiro atoms. The summed E-state index contributed by atoms with van der Waals surface area (Å²) in [6, 6.07) is 13.0. The van der Waals surface area contributed by atoms with Crippen LogP contribution in [0, 0.1) is 6.92 Å². The second-order valence-corrected chi connectivity index (χ2v) is 7.89. The Hall–Kier alpha value is -1.17. The Morgan fingerprint density at radius 3 is 2.71 bits per heavy atom. The highest BCUT2D eigenvalue weighted by Crippen LogP contribution is 2.32. The SMILES string of the molecule is Cc1cc(S(=O)(=O)NC2CCc3ccccc32)ccc1Br. The van der Waals surface area contributed by atoms with Crippen molar-refractivity contribution in [2.75, 3.05) is 0 Å². The zero-order chi connectivity index (χ0) is 15.0. The van der Waals surface area contributed by atoms with Crippen LogP contribution in [0.5, 0.6) is 0 Å². The Bertz CT molecular complexity index is 787. The average molecular weight is 366 g/mol. The molecule has 1 atom stereocenters. The van der Waals surface area contributed by atoms with Gasteiger partial charge in [-0.1, -0.05) is 40.2 Å². The van der Waals surface area contributed by atoms with Crippen LogP contribution in [0.2, 0.25) is 0 Å². The Morgan fingerprint density at radius 1 is 1.19 bits per heavy atom. The summed E-state index contributed by atoms with van der Waals surface area (Å²) in [6.45, 7) is 1.88. The van der Waals surface area contributed by atoms with Gasteiger partial charge in [0, 0.05) is 10.5 Å². The van der Waals surface area contributed by atoms with Crippen LogP contribution in [-0.2, 0) is 16.4 Å². The first-order chi connectivity index (χ1) is 9.97. The van der Waals surface area contributed by atoms with E-state index in [2.05, 4.69) is 26.7 Å². The Balaban J connectivity index is 1.89. The van der Waals surface area contributed by atoms with Crippen LogP contribution in [0.1, 0.15) is 29.2 Å². The van der Waals surface area contributed by atoms with Gasteiger partial charge in [-0.15, -0.1) is 0 Å². The van der Waals surface area contributed by atoms with Crippen LogP contribution in [0.15, 0.2) is 51.8 Å². The van der Waals surface area contributed by atoms with Crippen molar-refractivity contribution in [1.82, 2.24) is 4.72 Å². The standard InChI is InChI=1S/C16H16BrNO2S/c1-11-10-13(7-8-15(11)17)21(19,20)18-16-9-6-12-4-2-3-5-14(12)16/h2-5,7-8,10,16,18H,6,9H2,1H3. The first kappa shape index (κ1) is 14.8. The van der Waals surface area contributed by atoms with E-state index in [4.69, 9.17) is 0 Å². The van der Waals surface area contributed by atoms with Crippen molar-refractivity contribution in [1.29, 1.82) is 0 Å². The number of rotatable bonds is 3. The fourth-order valence-electron chi connectivity index (χ4n) is 2.72. The quantitative estimate of drug-likeness (QED) is 0.900. The summed E-state index contributed by atoms with van der Waals surface area (Å²) in [5, 5.41) is 0. The van der Waals surface area contributed by atoms with Gasteiger partial charge in [-0.05, 0) is 54.7 Å². The summed E-state index contributed by atoms with van der Waals surface area (Å²) >= 11 is 3.39. The minimum Gasteiger partial charge on any atom is -0.207 e. The molecule has 0 radical (unpaired) electrons. The molecule has 21 heavy (non-hydrogen) atoms. The molecule has 0 bridgehead atoms. The van der Waals surface area contributed by atoms with Gasteiger partial charge in [0.2, 0.25) is 10.0 Å². The fourth-order valence-corrected chi connectivity index (χ4v) is 4.30. The van der Waals surface area contributed by atoms with Crippen molar-refractivity contribution >= 4 is 26.0 Å². The molecule has 0 saturated carbocycles. The average Bonchev–Trinajstić information content (AvgIpc) is 2.85. The highest BCUT2D eigenvalue weighted by molar-refractivity contribution is 9.10. The zero-order valence-corrected chi connectivity index (χ0v) is 14.0. The summed E-state index contributed by atoms with van der Waals surface area (Å²) in [6.07, 6.45) is 1.73. The van der Waals surface area contributed by atoms with Crippen LogP contribution >= 0.6 is 15.9 Å². The fraction of sp³-hybridized carbons (Fsp3) is 0.250. The van der Waals surface area contributed by atoms with E-state index >= 15 is 0 Å². The van der Waals surface area contributed by atoms with Crippen molar-refractivity contribution in [3.8, 4) is 0 Å². The molecule has 0 amide bonds. The molecule has 110 valence electrons. The number of fused-ring (bicyclic) bond motifs is 1. The van der Waals surface area contributed by atoms with E-state index in [9.17, 15) is 8.42 Å². The lowest BCUT2D eigenvalue weighted by molar-refractivity contribution is 0.554. The van der Waals surface area contributed by atoms with Crippen LogP contribution < -0.4 is 4.72 Å². The van der Waals surface area contributed by atoms with Gasteiger partial charge in [0.15, 0.2) is 0 Å². The first-order valence-electron chi connectivity index (χ1n) is 6.84. The van der Waals surface area contributed by atoms with Crippen molar-refractivity contribution in [2.45, 2.75) is 30.7 Å². The van der Waals surface area contributed by atoms with Gasteiger partial charge in [0.1, 0.15) is 0 Å². The number of nitrogens with one attached hydrogen (secondary N) is 1. The third kappa shape index (κ3) is 2.91. The monoisotopic (exact) mass is 365 g/mol. The number of hydrogen-bond acceptors (Lipinski definition) is 2. The van der Waals surface area contributed by atoms with Crippen LogP contribution in [-0.4, -0.2) is 8.42 Å². The molecule has 5 heteroatoms. The second-order valence-electron chi connectivity index (χ2n) is 5.32. The van der Waals surface area contributed by atoms with Gasteiger partial charge >= 0.3 is 0 Å². The maximum atomic E-state index is 12.5. The molecule has 3 nitrogen and oxygen atoms in total. The maximum Gasteiger partial charge on any atom is 0.241 e. The van der Waals surface area contributed by atoms with E-state index in [1.54, 1.807) is 18.2 Å². The molecular weight excluding hydrogens is 350 g/mol. The topological polar surface area (TPSA) is 46.2 Å². The van der Waals surface area contributed by atoms with E-state index in [1.807, 2.05) is 25.1 Å². The third-order valence-corrected chi connectivity index (χ3v) is 6.23. The lowest BCUT2D eigenvalue weighted by Gasteiger charge is -2.15. The highest BCUT2D eigenvalue weighted by atomic mass is 79.9. The Labute approximate surface area is 133 Å². The number of hydrogen-bond donors (Lipinski definition) is 1. The van der Waals surface area contributed by atoms with E-state index in [-0.39, 0.29) is 6.04 Å². The minimum absolute atomic E-state index is 0.129. The molecule has 0 aliphatic heterocycles. The normalized spacial score (nSPS) is 17.7. The summed E-state index contributed by atoms with van der Waals surface area (Å²) in [5.74, 6) is 0. The van der Waals surface area contributed by atoms with Gasteiger partial charge in [0.25, 0.3) is 0 Å². The van der Waals surface area contributed by atoms with Gasteiger partial charge in [-0.3, -0.25) is 0 Å². The molecule has 3 rings (SSSR count). The largest absolute Gasteiger partial charge is 0.241 e. The minimum atomic E-state index is -3.50. The molecule has 0 heterocycles. The predicted octanol–water partition coefficient (Wildman–Crippen LogP) is 3.72. The van der Waals surface area contributed by atoms with E-state index in [1.165, 1.54) is 5.56 Å². The van der Waals surface area contributed by atoms with E-state index < -0.39 is 10.0 Å². The summed E-state index contributed by atoms with van der Waals surface area (Å²) in [4.78, 5) is 0.313. The second kappa shape index (κ2) is 5.55. The molecule has 2 aromatic rings. The summed E-state index contributed by atoms with van der Waals surface area (Å²) < 4.78 is 28.8. The summed E-state index contributed by atoms with van der Waals surface area (Å²) in [5.41, 5.74) is 3.23. The third-order valence-electron chi connectivity index (χ3n) is 3.87. The van der Waals surface area contributed by atoms with Gasteiger partial charge in [-0.25, -0.2) is 13.1 Å². The van der Waals surface area contributed by atoms with E-state index in [0.717, 1.165) is 28.4 Å².